The molecule has 1 rings (SSSR count). The third kappa shape index (κ3) is 2.01. The third-order valence-electron chi connectivity index (χ3n) is 2.09. The molecule has 0 saturated heterocycles. The number of hydrogen-bond acceptors (Lipinski definition) is 4. The van der Waals surface area contributed by atoms with Gasteiger partial charge in [-0.1, -0.05) is 20.3 Å². The Morgan fingerprint density at radius 1 is 1.58 bits per heavy atom. The molecule has 4 heteroatoms. The maximum Gasteiger partial charge on any atom is 0.139 e. The molecule has 2 atom stereocenters. The highest BCUT2D eigenvalue weighted by molar-refractivity contribution is 7.05. The Hall–Kier alpha value is -0.480. The Kier molecular flexibility index (Phi) is 3.17. The van der Waals surface area contributed by atoms with E-state index in [4.69, 9.17) is 5.73 Å². The minimum atomic E-state index is 0.0567. The molecule has 0 saturated carbocycles. The summed E-state index contributed by atoms with van der Waals surface area (Å²) in [5.41, 5.74) is 5.97. The van der Waals surface area contributed by atoms with Crippen LogP contribution >= 0.6 is 11.5 Å². The van der Waals surface area contributed by atoms with Gasteiger partial charge in [0.1, 0.15) is 10.8 Å². The lowest BCUT2D eigenvalue weighted by molar-refractivity contribution is 0.455. The second-order valence-electron chi connectivity index (χ2n) is 3.09. The minimum absolute atomic E-state index is 0.0567. The monoisotopic (exact) mass is 185 g/mol. The van der Waals surface area contributed by atoms with Crippen molar-refractivity contribution < 1.29 is 0 Å². The topological polar surface area (TPSA) is 51.8 Å². The van der Waals surface area contributed by atoms with E-state index in [9.17, 15) is 0 Å². The Balaban J connectivity index is 2.70. The number of nitrogens with zero attached hydrogens (tertiary/aromatic N) is 2. The first-order chi connectivity index (χ1) is 5.65. The molecule has 0 fully saturated rings. The first-order valence-corrected chi connectivity index (χ1v) is 4.98. The van der Waals surface area contributed by atoms with Gasteiger partial charge >= 0.3 is 0 Å². The van der Waals surface area contributed by atoms with Crippen LogP contribution < -0.4 is 5.73 Å². The molecule has 1 aromatic heterocycles. The van der Waals surface area contributed by atoms with Crippen LogP contribution in [-0.4, -0.2) is 9.36 Å². The smallest absolute Gasteiger partial charge is 0.139 e. The van der Waals surface area contributed by atoms with E-state index in [0.29, 0.717) is 5.92 Å². The lowest BCUT2D eigenvalue weighted by Crippen LogP contribution is -2.18. The zero-order valence-electron chi connectivity index (χ0n) is 7.74. The van der Waals surface area contributed by atoms with Crippen LogP contribution in [0.2, 0.25) is 0 Å². The van der Waals surface area contributed by atoms with E-state index in [1.165, 1.54) is 11.5 Å². The molecule has 68 valence electrons. The van der Waals surface area contributed by atoms with E-state index in [1.807, 2.05) is 6.92 Å². The van der Waals surface area contributed by atoms with Gasteiger partial charge in [0.2, 0.25) is 0 Å². The quantitative estimate of drug-likeness (QED) is 0.782. The highest BCUT2D eigenvalue weighted by Crippen LogP contribution is 2.22. The highest BCUT2D eigenvalue weighted by atomic mass is 32.1. The SMILES string of the molecule is CC[C@H](C)[C@H](N)c1nc(C)ns1. The number of nitrogens with two attached hydrogens (primary N) is 1. The van der Waals surface area contributed by atoms with Gasteiger partial charge in [-0.15, -0.1) is 0 Å². The number of rotatable bonds is 3. The van der Waals surface area contributed by atoms with Crippen LogP contribution in [0.3, 0.4) is 0 Å². The van der Waals surface area contributed by atoms with Crippen LogP contribution in [-0.2, 0) is 0 Å². The molecule has 1 aromatic rings. The maximum atomic E-state index is 5.97. The first kappa shape index (κ1) is 9.61. The zero-order chi connectivity index (χ0) is 9.14. The van der Waals surface area contributed by atoms with Crippen molar-refractivity contribution in [3.63, 3.8) is 0 Å². The highest BCUT2D eigenvalue weighted by Gasteiger charge is 2.16. The van der Waals surface area contributed by atoms with Crippen LogP contribution in [0.25, 0.3) is 0 Å². The van der Waals surface area contributed by atoms with Crippen molar-refractivity contribution in [3.8, 4) is 0 Å². The number of aryl methyl sites for hydroxylation is 1. The van der Waals surface area contributed by atoms with E-state index in [2.05, 4.69) is 23.2 Å². The molecule has 0 aliphatic carbocycles. The summed E-state index contributed by atoms with van der Waals surface area (Å²) in [6.45, 7) is 6.17. The first-order valence-electron chi connectivity index (χ1n) is 4.21. The van der Waals surface area contributed by atoms with Crippen molar-refractivity contribution >= 4 is 11.5 Å². The van der Waals surface area contributed by atoms with Crippen LogP contribution in [0.1, 0.15) is 37.1 Å². The molecule has 0 amide bonds. The third-order valence-corrected chi connectivity index (χ3v) is 2.99. The molecule has 12 heavy (non-hydrogen) atoms. The lowest BCUT2D eigenvalue weighted by Gasteiger charge is -2.14. The summed E-state index contributed by atoms with van der Waals surface area (Å²) in [5.74, 6) is 1.31. The van der Waals surface area contributed by atoms with Gasteiger partial charge in [-0.05, 0) is 24.4 Å². The maximum absolute atomic E-state index is 5.97. The fourth-order valence-corrected chi connectivity index (χ4v) is 1.74. The van der Waals surface area contributed by atoms with Crippen molar-refractivity contribution in [2.75, 3.05) is 0 Å². The fraction of sp³-hybridized carbons (Fsp3) is 0.750. The summed E-state index contributed by atoms with van der Waals surface area (Å²) in [7, 11) is 0. The molecule has 3 nitrogen and oxygen atoms in total. The van der Waals surface area contributed by atoms with Crippen molar-refractivity contribution in [3.05, 3.63) is 10.8 Å². The Labute approximate surface area is 77.2 Å². The largest absolute Gasteiger partial charge is 0.322 e. The number of aromatic nitrogens is 2. The van der Waals surface area contributed by atoms with Gasteiger partial charge in [0.25, 0.3) is 0 Å². The van der Waals surface area contributed by atoms with E-state index >= 15 is 0 Å². The average Bonchev–Trinajstić information content (AvgIpc) is 2.49. The predicted octanol–water partition coefficient (Wildman–Crippen LogP) is 1.89. The lowest BCUT2D eigenvalue weighted by atomic mass is 10.0. The van der Waals surface area contributed by atoms with Crippen molar-refractivity contribution in [1.82, 2.24) is 9.36 Å². The normalized spacial score (nSPS) is 16.0. The second-order valence-corrected chi connectivity index (χ2v) is 3.87. The molecule has 0 bridgehead atoms. The molecule has 2 N–H and O–H groups in total. The van der Waals surface area contributed by atoms with Crippen molar-refractivity contribution in [2.45, 2.75) is 33.2 Å². The second kappa shape index (κ2) is 3.96. The molecule has 0 aromatic carbocycles. The Morgan fingerprint density at radius 3 is 2.67 bits per heavy atom. The minimum Gasteiger partial charge on any atom is -0.322 e. The molecule has 0 radical (unpaired) electrons. The van der Waals surface area contributed by atoms with Gasteiger partial charge in [0, 0.05) is 0 Å². The van der Waals surface area contributed by atoms with Crippen molar-refractivity contribution in [2.24, 2.45) is 11.7 Å². The number of hydrogen-bond donors (Lipinski definition) is 1. The van der Waals surface area contributed by atoms with Crippen LogP contribution in [0.4, 0.5) is 0 Å². The molecule has 1 heterocycles. The average molecular weight is 185 g/mol. The Morgan fingerprint density at radius 2 is 2.25 bits per heavy atom. The summed E-state index contributed by atoms with van der Waals surface area (Å²) in [5, 5.41) is 0.960. The molecule has 0 spiro atoms. The molecule has 0 unspecified atom stereocenters. The molecule has 0 aliphatic heterocycles. The molecule has 0 aliphatic rings. The van der Waals surface area contributed by atoms with Crippen LogP contribution in [0.5, 0.6) is 0 Å². The van der Waals surface area contributed by atoms with E-state index in [1.54, 1.807) is 0 Å². The predicted molar refractivity (Wildman–Crippen MR) is 51.0 cm³/mol. The molecular formula is C8H15N3S. The van der Waals surface area contributed by atoms with Gasteiger partial charge < -0.3 is 5.73 Å². The van der Waals surface area contributed by atoms with Gasteiger partial charge in [0.15, 0.2) is 0 Å². The summed E-state index contributed by atoms with van der Waals surface area (Å²) in [6, 6.07) is 0.0567. The summed E-state index contributed by atoms with van der Waals surface area (Å²) >= 11 is 1.42. The fourth-order valence-electron chi connectivity index (χ4n) is 0.946. The van der Waals surface area contributed by atoms with E-state index in [0.717, 1.165) is 17.3 Å². The molecular weight excluding hydrogens is 170 g/mol. The van der Waals surface area contributed by atoms with Gasteiger partial charge in [0.05, 0.1) is 6.04 Å². The van der Waals surface area contributed by atoms with Gasteiger partial charge in [-0.3, -0.25) is 0 Å². The van der Waals surface area contributed by atoms with E-state index < -0.39 is 0 Å². The van der Waals surface area contributed by atoms with Gasteiger partial charge in [-0.2, -0.15) is 4.37 Å². The van der Waals surface area contributed by atoms with Gasteiger partial charge in [-0.25, -0.2) is 4.98 Å². The summed E-state index contributed by atoms with van der Waals surface area (Å²) in [6.07, 6.45) is 1.08. The standard InChI is InChI=1S/C8H15N3S/c1-4-5(2)7(9)8-10-6(3)11-12-8/h5,7H,4,9H2,1-3H3/t5-,7-/m0/s1. The van der Waals surface area contributed by atoms with Crippen molar-refractivity contribution in [1.29, 1.82) is 0 Å². The summed E-state index contributed by atoms with van der Waals surface area (Å²) < 4.78 is 4.10. The van der Waals surface area contributed by atoms with Crippen LogP contribution in [0.15, 0.2) is 0 Å². The van der Waals surface area contributed by atoms with Crippen LogP contribution in [0, 0.1) is 12.8 Å². The Bertz CT molecular complexity index is 246. The summed E-state index contributed by atoms with van der Waals surface area (Å²) in [4.78, 5) is 4.26. The van der Waals surface area contributed by atoms with E-state index in [-0.39, 0.29) is 6.04 Å². The zero-order valence-corrected chi connectivity index (χ0v) is 8.56.